The first kappa shape index (κ1) is 12.0. The van der Waals surface area contributed by atoms with Crippen molar-refractivity contribution >= 4 is 5.82 Å². The number of halogens is 1. The zero-order chi connectivity index (χ0) is 11.3. The van der Waals surface area contributed by atoms with Gasteiger partial charge in [-0.05, 0) is 31.4 Å². The van der Waals surface area contributed by atoms with Crippen LogP contribution in [0.25, 0.3) is 0 Å². The summed E-state index contributed by atoms with van der Waals surface area (Å²) in [7, 11) is 0. The predicted molar refractivity (Wildman–Crippen MR) is 61.4 cm³/mol. The van der Waals surface area contributed by atoms with Crippen molar-refractivity contribution in [2.45, 2.75) is 45.6 Å². The Morgan fingerprint density at radius 1 is 1.20 bits per heavy atom. The second-order valence-electron chi connectivity index (χ2n) is 3.81. The highest BCUT2D eigenvalue weighted by atomic mass is 19.1. The molecule has 2 nitrogen and oxygen atoms in total. The van der Waals surface area contributed by atoms with Gasteiger partial charge < -0.3 is 5.32 Å². The summed E-state index contributed by atoms with van der Waals surface area (Å²) >= 11 is 0. The van der Waals surface area contributed by atoms with Gasteiger partial charge in [0.1, 0.15) is 5.82 Å². The minimum absolute atomic E-state index is 0.0425. The Morgan fingerprint density at radius 2 is 1.80 bits per heavy atom. The molecule has 1 heterocycles. The highest BCUT2D eigenvalue weighted by molar-refractivity contribution is 5.37. The average Bonchev–Trinajstić information content (AvgIpc) is 2.26. The number of hydrogen-bond donors (Lipinski definition) is 1. The van der Waals surface area contributed by atoms with Gasteiger partial charge in [0.05, 0.1) is 0 Å². The summed E-state index contributed by atoms with van der Waals surface area (Å²) < 4.78 is 12.9. The minimum Gasteiger partial charge on any atom is -0.365 e. The van der Waals surface area contributed by atoms with Crippen molar-refractivity contribution in [2.24, 2.45) is 0 Å². The zero-order valence-corrected chi connectivity index (χ0v) is 9.68. The molecule has 0 spiro atoms. The first-order valence-electron chi connectivity index (χ1n) is 5.56. The van der Waals surface area contributed by atoms with E-state index in [1.165, 1.54) is 6.07 Å². The molecule has 0 aliphatic carbocycles. The van der Waals surface area contributed by atoms with E-state index in [0.29, 0.717) is 5.82 Å². The number of nitrogens with one attached hydrogen (secondary N) is 1. The molecule has 1 rings (SSSR count). The first-order valence-corrected chi connectivity index (χ1v) is 5.56. The summed E-state index contributed by atoms with van der Waals surface area (Å²) in [6, 6.07) is 4.84. The summed E-state index contributed by atoms with van der Waals surface area (Å²) in [5, 5.41) is 3.33. The molecule has 0 aromatic carbocycles. The zero-order valence-electron chi connectivity index (χ0n) is 9.68. The molecule has 0 amide bonds. The lowest BCUT2D eigenvalue weighted by Crippen LogP contribution is -2.36. The predicted octanol–water partition coefficient (Wildman–Crippen LogP) is 3.60. The van der Waals surface area contributed by atoms with Crippen LogP contribution in [0.2, 0.25) is 0 Å². The van der Waals surface area contributed by atoms with E-state index in [4.69, 9.17) is 0 Å². The number of pyridine rings is 1. The van der Waals surface area contributed by atoms with Crippen LogP contribution in [-0.2, 0) is 0 Å². The van der Waals surface area contributed by atoms with Gasteiger partial charge in [0.2, 0.25) is 5.95 Å². The molecular formula is C12H19FN2. The minimum atomic E-state index is -0.433. The van der Waals surface area contributed by atoms with E-state index in [1.807, 2.05) is 0 Å². The van der Waals surface area contributed by atoms with Gasteiger partial charge in [-0.3, -0.25) is 0 Å². The van der Waals surface area contributed by atoms with Crippen LogP contribution in [0.3, 0.4) is 0 Å². The van der Waals surface area contributed by atoms with E-state index in [9.17, 15) is 4.39 Å². The maximum atomic E-state index is 12.9. The third-order valence-electron chi connectivity index (χ3n) is 3.14. The van der Waals surface area contributed by atoms with Crippen molar-refractivity contribution in [3.63, 3.8) is 0 Å². The fourth-order valence-corrected chi connectivity index (χ4v) is 1.76. The molecule has 0 saturated carbocycles. The van der Waals surface area contributed by atoms with Crippen LogP contribution in [0, 0.1) is 5.95 Å². The van der Waals surface area contributed by atoms with Gasteiger partial charge in [0.15, 0.2) is 0 Å². The number of anilines is 1. The van der Waals surface area contributed by atoms with Crippen molar-refractivity contribution in [3.8, 4) is 0 Å². The van der Waals surface area contributed by atoms with Crippen molar-refractivity contribution in [1.29, 1.82) is 0 Å². The normalized spacial score (nSPS) is 11.5. The van der Waals surface area contributed by atoms with Crippen LogP contribution in [0.4, 0.5) is 10.2 Å². The number of nitrogens with zero attached hydrogens (tertiary/aromatic N) is 1. The Kier molecular flexibility index (Phi) is 4.06. The lowest BCUT2D eigenvalue weighted by atomic mass is 9.90. The van der Waals surface area contributed by atoms with E-state index < -0.39 is 5.95 Å². The lowest BCUT2D eigenvalue weighted by Gasteiger charge is -2.32. The molecule has 0 unspecified atom stereocenters. The van der Waals surface area contributed by atoms with Crippen LogP contribution in [0.5, 0.6) is 0 Å². The monoisotopic (exact) mass is 210 g/mol. The van der Waals surface area contributed by atoms with Gasteiger partial charge in [-0.2, -0.15) is 4.39 Å². The molecule has 0 aliphatic heterocycles. The van der Waals surface area contributed by atoms with E-state index >= 15 is 0 Å². The van der Waals surface area contributed by atoms with E-state index in [1.54, 1.807) is 12.1 Å². The maximum Gasteiger partial charge on any atom is 0.214 e. The summed E-state index contributed by atoms with van der Waals surface area (Å²) in [6.45, 7) is 6.41. The van der Waals surface area contributed by atoms with Crippen LogP contribution < -0.4 is 5.32 Å². The molecule has 0 fully saturated rings. The van der Waals surface area contributed by atoms with Gasteiger partial charge in [-0.15, -0.1) is 0 Å². The van der Waals surface area contributed by atoms with Crippen molar-refractivity contribution in [2.75, 3.05) is 5.32 Å². The third-order valence-corrected chi connectivity index (χ3v) is 3.14. The molecule has 0 radical (unpaired) electrons. The topological polar surface area (TPSA) is 24.9 Å². The summed E-state index contributed by atoms with van der Waals surface area (Å²) in [5.41, 5.74) is 0.0425. The SMILES string of the molecule is CCC(CC)(CC)Nc1cccc(F)n1. The molecule has 84 valence electrons. The van der Waals surface area contributed by atoms with Gasteiger partial charge in [0, 0.05) is 5.54 Å². The Hall–Kier alpha value is -1.12. The van der Waals surface area contributed by atoms with E-state index in [-0.39, 0.29) is 5.54 Å². The van der Waals surface area contributed by atoms with Crippen molar-refractivity contribution in [1.82, 2.24) is 4.98 Å². The van der Waals surface area contributed by atoms with Crippen LogP contribution in [0.15, 0.2) is 18.2 Å². The molecule has 0 aliphatic rings. The largest absolute Gasteiger partial charge is 0.365 e. The molecule has 0 atom stereocenters. The second-order valence-corrected chi connectivity index (χ2v) is 3.81. The quantitative estimate of drug-likeness (QED) is 0.751. The van der Waals surface area contributed by atoms with Crippen LogP contribution >= 0.6 is 0 Å². The molecule has 3 heteroatoms. The lowest BCUT2D eigenvalue weighted by molar-refractivity contribution is 0.418. The standard InChI is InChI=1S/C12H19FN2/c1-4-12(5-2,6-3)15-11-9-7-8-10(13)14-11/h7-9H,4-6H2,1-3H3,(H,14,15). The van der Waals surface area contributed by atoms with Crippen molar-refractivity contribution < 1.29 is 4.39 Å². The second kappa shape index (κ2) is 5.10. The third kappa shape index (κ3) is 2.91. The van der Waals surface area contributed by atoms with Crippen molar-refractivity contribution in [3.05, 3.63) is 24.1 Å². The highest BCUT2D eigenvalue weighted by Gasteiger charge is 2.23. The average molecular weight is 210 g/mol. The van der Waals surface area contributed by atoms with Gasteiger partial charge in [0.25, 0.3) is 0 Å². The smallest absolute Gasteiger partial charge is 0.214 e. The number of hydrogen-bond acceptors (Lipinski definition) is 2. The molecular weight excluding hydrogens is 191 g/mol. The summed E-state index contributed by atoms with van der Waals surface area (Å²) in [5.74, 6) is 0.192. The Bertz CT molecular complexity index is 300. The molecule has 0 saturated heterocycles. The molecule has 1 aromatic heterocycles. The van der Waals surface area contributed by atoms with Crippen LogP contribution in [0.1, 0.15) is 40.0 Å². The van der Waals surface area contributed by atoms with Gasteiger partial charge >= 0.3 is 0 Å². The number of rotatable bonds is 5. The van der Waals surface area contributed by atoms with Gasteiger partial charge in [-0.1, -0.05) is 26.8 Å². The maximum absolute atomic E-state index is 12.9. The highest BCUT2D eigenvalue weighted by Crippen LogP contribution is 2.24. The molecule has 0 bridgehead atoms. The molecule has 1 aromatic rings. The first-order chi connectivity index (χ1) is 7.15. The fraction of sp³-hybridized carbons (Fsp3) is 0.583. The van der Waals surface area contributed by atoms with E-state index in [0.717, 1.165) is 19.3 Å². The van der Waals surface area contributed by atoms with Crippen LogP contribution in [-0.4, -0.2) is 10.5 Å². The number of aromatic nitrogens is 1. The van der Waals surface area contributed by atoms with Gasteiger partial charge in [-0.25, -0.2) is 4.98 Å². The Morgan fingerprint density at radius 3 is 2.27 bits per heavy atom. The molecule has 15 heavy (non-hydrogen) atoms. The fourth-order valence-electron chi connectivity index (χ4n) is 1.76. The Labute approximate surface area is 90.9 Å². The Balaban J connectivity index is 2.82. The summed E-state index contributed by atoms with van der Waals surface area (Å²) in [6.07, 6.45) is 3.04. The summed E-state index contributed by atoms with van der Waals surface area (Å²) in [4.78, 5) is 3.82. The molecule has 1 N–H and O–H groups in total. The van der Waals surface area contributed by atoms with E-state index in [2.05, 4.69) is 31.1 Å².